The molecule has 0 radical (unpaired) electrons. The molecule has 0 unspecified atom stereocenters. The Labute approximate surface area is 174 Å². The van der Waals surface area contributed by atoms with Crippen LogP contribution in [-0.2, 0) is 6.61 Å². The predicted molar refractivity (Wildman–Crippen MR) is 115 cm³/mol. The predicted octanol–water partition coefficient (Wildman–Crippen LogP) is 6.73. The average molecular weight is 409 g/mol. The molecule has 4 rings (SSSR count). The van der Waals surface area contributed by atoms with Crippen molar-refractivity contribution < 1.29 is 4.74 Å². The highest BCUT2D eigenvalue weighted by atomic mass is 35.5. The van der Waals surface area contributed by atoms with Gasteiger partial charge in [-0.25, -0.2) is 4.68 Å². The van der Waals surface area contributed by atoms with Crippen LogP contribution < -0.4 is 4.74 Å². The van der Waals surface area contributed by atoms with Crippen LogP contribution in [0, 0.1) is 6.92 Å². The Morgan fingerprint density at radius 3 is 2.39 bits per heavy atom. The van der Waals surface area contributed by atoms with Gasteiger partial charge in [-0.3, -0.25) is 0 Å². The molecule has 0 N–H and O–H groups in total. The molecule has 0 aliphatic heterocycles. The lowest BCUT2D eigenvalue weighted by atomic mass is 10.1. The lowest BCUT2D eigenvalue weighted by Gasteiger charge is -2.12. The van der Waals surface area contributed by atoms with Crippen LogP contribution in [-0.4, -0.2) is 9.78 Å². The molecule has 5 heteroatoms. The van der Waals surface area contributed by atoms with E-state index in [4.69, 9.17) is 27.9 Å². The molecule has 0 spiro atoms. The third kappa shape index (κ3) is 3.91. The molecular formula is C23H18Cl2N2O. The summed E-state index contributed by atoms with van der Waals surface area (Å²) in [6, 6.07) is 23.5. The maximum atomic E-state index is 6.39. The standard InChI is InChI=1S/C23H18Cl2N2O/c1-16-14-26-27(22-12-9-19(24)13-21(22)25)23(16)18-7-10-20(11-8-18)28-15-17-5-3-2-4-6-17/h2-14H,15H2,1H3. The van der Waals surface area contributed by atoms with Crippen molar-refractivity contribution in [1.29, 1.82) is 0 Å². The number of hydrogen-bond acceptors (Lipinski definition) is 2. The molecule has 28 heavy (non-hydrogen) atoms. The van der Waals surface area contributed by atoms with E-state index in [1.807, 2.05) is 84.5 Å². The van der Waals surface area contributed by atoms with Crippen LogP contribution >= 0.6 is 23.2 Å². The maximum absolute atomic E-state index is 6.39. The zero-order valence-electron chi connectivity index (χ0n) is 15.3. The number of benzene rings is 3. The minimum absolute atomic E-state index is 0.539. The van der Waals surface area contributed by atoms with E-state index in [1.54, 1.807) is 6.07 Å². The molecule has 140 valence electrons. The van der Waals surface area contributed by atoms with Crippen LogP contribution in [0.3, 0.4) is 0 Å². The Morgan fingerprint density at radius 2 is 1.68 bits per heavy atom. The molecular weight excluding hydrogens is 391 g/mol. The van der Waals surface area contributed by atoms with Gasteiger partial charge >= 0.3 is 0 Å². The van der Waals surface area contributed by atoms with E-state index >= 15 is 0 Å². The highest BCUT2D eigenvalue weighted by molar-refractivity contribution is 6.35. The second kappa shape index (κ2) is 8.09. The van der Waals surface area contributed by atoms with Crippen molar-refractivity contribution in [3.8, 4) is 22.7 Å². The third-order valence-electron chi connectivity index (χ3n) is 4.47. The Morgan fingerprint density at radius 1 is 0.929 bits per heavy atom. The fourth-order valence-corrected chi connectivity index (χ4v) is 3.55. The van der Waals surface area contributed by atoms with E-state index in [2.05, 4.69) is 5.10 Å². The number of hydrogen-bond donors (Lipinski definition) is 0. The molecule has 0 fully saturated rings. The lowest BCUT2D eigenvalue weighted by Crippen LogP contribution is -2.00. The molecule has 0 atom stereocenters. The molecule has 1 heterocycles. The van der Waals surface area contributed by atoms with Gasteiger partial charge in [0.05, 0.1) is 22.6 Å². The summed E-state index contributed by atoms with van der Waals surface area (Å²) < 4.78 is 7.72. The van der Waals surface area contributed by atoms with Gasteiger partial charge in [0.2, 0.25) is 0 Å². The Hall–Kier alpha value is -2.75. The largest absolute Gasteiger partial charge is 0.489 e. The van der Waals surface area contributed by atoms with Crippen molar-refractivity contribution in [2.24, 2.45) is 0 Å². The van der Waals surface area contributed by atoms with Gasteiger partial charge in [0.15, 0.2) is 0 Å². The first-order valence-corrected chi connectivity index (χ1v) is 9.64. The molecule has 4 aromatic rings. The van der Waals surface area contributed by atoms with Crippen molar-refractivity contribution in [2.75, 3.05) is 0 Å². The first kappa shape index (κ1) is 18.6. The van der Waals surface area contributed by atoms with E-state index in [1.165, 1.54) is 0 Å². The molecule has 0 bridgehead atoms. The van der Waals surface area contributed by atoms with Crippen molar-refractivity contribution in [1.82, 2.24) is 9.78 Å². The Balaban J connectivity index is 1.60. The first-order chi connectivity index (χ1) is 13.6. The topological polar surface area (TPSA) is 27.1 Å². The van der Waals surface area contributed by atoms with Gasteiger partial charge in [-0.2, -0.15) is 5.10 Å². The second-order valence-corrected chi connectivity index (χ2v) is 7.33. The fourth-order valence-electron chi connectivity index (χ4n) is 3.07. The highest BCUT2D eigenvalue weighted by Gasteiger charge is 2.14. The van der Waals surface area contributed by atoms with Crippen LogP contribution in [0.1, 0.15) is 11.1 Å². The minimum atomic E-state index is 0.539. The first-order valence-electron chi connectivity index (χ1n) is 8.89. The van der Waals surface area contributed by atoms with Gasteiger partial charge < -0.3 is 4.74 Å². The maximum Gasteiger partial charge on any atom is 0.119 e. The van der Waals surface area contributed by atoms with Crippen LogP contribution in [0.5, 0.6) is 5.75 Å². The van der Waals surface area contributed by atoms with Crippen LogP contribution in [0.15, 0.2) is 79.0 Å². The van der Waals surface area contributed by atoms with E-state index in [-0.39, 0.29) is 0 Å². The van der Waals surface area contributed by atoms with Crippen LogP contribution in [0.4, 0.5) is 0 Å². The van der Waals surface area contributed by atoms with Crippen LogP contribution in [0.25, 0.3) is 16.9 Å². The summed E-state index contributed by atoms with van der Waals surface area (Å²) in [4.78, 5) is 0. The number of ether oxygens (including phenoxy) is 1. The van der Waals surface area contributed by atoms with Crippen molar-refractivity contribution in [3.63, 3.8) is 0 Å². The van der Waals surface area contributed by atoms with Crippen LogP contribution in [0.2, 0.25) is 10.0 Å². The van der Waals surface area contributed by atoms with Crippen molar-refractivity contribution in [3.05, 3.63) is 100 Å². The molecule has 0 aliphatic carbocycles. The van der Waals surface area contributed by atoms with Gasteiger partial charge in [0.25, 0.3) is 0 Å². The van der Waals surface area contributed by atoms with Crippen molar-refractivity contribution >= 4 is 23.2 Å². The van der Waals surface area contributed by atoms with E-state index in [9.17, 15) is 0 Å². The van der Waals surface area contributed by atoms with Crippen molar-refractivity contribution in [2.45, 2.75) is 13.5 Å². The van der Waals surface area contributed by atoms with Gasteiger partial charge in [0, 0.05) is 10.6 Å². The summed E-state index contributed by atoms with van der Waals surface area (Å²) in [5.41, 5.74) is 5.01. The summed E-state index contributed by atoms with van der Waals surface area (Å²) in [6.07, 6.45) is 1.83. The minimum Gasteiger partial charge on any atom is -0.489 e. The van der Waals surface area contributed by atoms with E-state index in [0.29, 0.717) is 16.7 Å². The SMILES string of the molecule is Cc1cnn(-c2ccc(Cl)cc2Cl)c1-c1ccc(OCc2ccccc2)cc1. The molecule has 1 aromatic heterocycles. The van der Waals surface area contributed by atoms with Gasteiger partial charge in [-0.1, -0.05) is 53.5 Å². The summed E-state index contributed by atoms with van der Waals surface area (Å²) in [7, 11) is 0. The summed E-state index contributed by atoms with van der Waals surface area (Å²) in [6.45, 7) is 2.57. The Kier molecular flexibility index (Phi) is 5.38. The summed E-state index contributed by atoms with van der Waals surface area (Å²) in [5, 5.41) is 5.66. The zero-order chi connectivity index (χ0) is 19.5. The molecule has 0 saturated carbocycles. The smallest absolute Gasteiger partial charge is 0.119 e. The average Bonchev–Trinajstić information content (AvgIpc) is 3.09. The molecule has 0 saturated heterocycles. The lowest BCUT2D eigenvalue weighted by molar-refractivity contribution is 0.306. The second-order valence-electron chi connectivity index (χ2n) is 6.48. The molecule has 0 aliphatic rings. The number of aryl methyl sites for hydroxylation is 1. The molecule has 3 nitrogen and oxygen atoms in total. The monoisotopic (exact) mass is 408 g/mol. The zero-order valence-corrected chi connectivity index (χ0v) is 16.8. The van der Waals surface area contributed by atoms with Gasteiger partial charge in [-0.15, -0.1) is 0 Å². The fraction of sp³-hybridized carbons (Fsp3) is 0.0870. The molecule has 0 amide bonds. The Bertz CT molecular complexity index is 1090. The van der Waals surface area contributed by atoms with Gasteiger partial charge in [-0.05, 0) is 60.5 Å². The van der Waals surface area contributed by atoms with Gasteiger partial charge in [0.1, 0.15) is 12.4 Å². The quantitative estimate of drug-likeness (QED) is 0.365. The summed E-state index contributed by atoms with van der Waals surface area (Å²) >= 11 is 12.4. The number of nitrogens with zero attached hydrogens (tertiary/aromatic N) is 2. The molecule has 3 aromatic carbocycles. The third-order valence-corrected chi connectivity index (χ3v) is 5.00. The normalized spacial score (nSPS) is 10.8. The number of aromatic nitrogens is 2. The number of halogens is 2. The summed E-state index contributed by atoms with van der Waals surface area (Å²) in [5.74, 6) is 0.820. The number of rotatable bonds is 5. The van der Waals surface area contributed by atoms with E-state index < -0.39 is 0 Å². The highest BCUT2D eigenvalue weighted by Crippen LogP contribution is 2.31. The van der Waals surface area contributed by atoms with E-state index in [0.717, 1.165) is 33.8 Å².